The first kappa shape index (κ1) is 28.7. The van der Waals surface area contributed by atoms with Crippen LogP contribution in [0.25, 0.3) is 0 Å². The van der Waals surface area contributed by atoms with Crippen LogP contribution < -0.4 is 11.2 Å². The number of aromatic amines is 1. The molecule has 34 heavy (non-hydrogen) atoms. The second kappa shape index (κ2) is 9.82. The maximum absolute atomic E-state index is 14.1. The van der Waals surface area contributed by atoms with E-state index in [0.29, 0.717) is 10.6 Å². The molecule has 0 bridgehead atoms. The molecule has 2 rings (SSSR count). The number of hydrogen-bond acceptors (Lipinski definition) is 11. The van der Waals surface area contributed by atoms with Crippen molar-refractivity contribution in [1.29, 1.82) is 0 Å². The maximum atomic E-state index is 14.1. The number of hydrogen-bond donors (Lipinski definition) is 7. The second-order valence-corrected chi connectivity index (χ2v) is 11.1. The summed E-state index contributed by atoms with van der Waals surface area (Å²) in [4.78, 5) is 61.1. The molecule has 2 unspecified atom stereocenters. The van der Waals surface area contributed by atoms with E-state index in [-0.39, 0.29) is 0 Å². The first-order chi connectivity index (χ1) is 15.4. The average molecular weight is 554 g/mol. The zero-order valence-electron chi connectivity index (χ0n) is 16.5. The Morgan fingerprint density at radius 2 is 1.85 bits per heavy atom. The van der Waals surface area contributed by atoms with Gasteiger partial charge in [0.1, 0.15) is 12.8 Å². The Bertz CT molecular complexity index is 1240. The van der Waals surface area contributed by atoms with E-state index in [9.17, 15) is 47.7 Å². The van der Waals surface area contributed by atoms with Crippen molar-refractivity contribution in [3.05, 3.63) is 51.5 Å². The van der Waals surface area contributed by atoms with Gasteiger partial charge in [0.2, 0.25) is 0 Å². The highest BCUT2D eigenvalue weighted by Crippen LogP contribution is 2.66. The molecule has 1 aromatic heterocycles. The third kappa shape index (κ3) is 6.34. The van der Waals surface area contributed by atoms with E-state index < -0.39 is 71.5 Å². The lowest BCUT2D eigenvalue weighted by Crippen LogP contribution is -2.53. The van der Waals surface area contributed by atoms with Crippen molar-refractivity contribution in [2.45, 2.75) is 23.5 Å². The van der Waals surface area contributed by atoms with Crippen LogP contribution in [0.15, 0.2) is 40.2 Å². The molecule has 6 atom stereocenters. The zero-order chi connectivity index (χ0) is 26.2. The van der Waals surface area contributed by atoms with Crippen molar-refractivity contribution < 1.29 is 65.8 Å². The molecule has 1 aliphatic heterocycles. The molecule has 21 heteroatoms. The minimum Gasteiger partial charge on any atom is -0.386 e. The van der Waals surface area contributed by atoms with Gasteiger partial charge in [-0.05, 0) is 6.08 Å². The summed E-state index contributed by atoms with van der Waals surface area (Å²) in [6.07, 6.45) is -2.91. The Kier molecular flexibility index (Phi) is 8.27. The van der Waals surface area contributed by atoms with Gasteiger partial charge in [-0.3, -0.25) is 18.9 Å². The first-order valence-electron chi connectivity index (χ1n) is 8.51. The number of phosphoric acid groups is 3. The maximum Gasteiger partial charge on any atom is 0.490 e. The minimum atomic E-state index is -5.90. The van der Waals surface area contributed by atoms with Gasteiger partial charge in [-0.15, -0.1) is 5.73 Å². The molecule has 0 spiro atoms. The molecule has 0 saturated carbocycles. The fraction of sp³-hybridized carbons (Fsp3) is 0.462. The number of aliphatic hydroxyl groups is 2. The van der Waals surface area contributed by atoms with Crippen LogP contribution in [-0.2, 0) is 31.6 Å². The van der Waals surface area contributed by atoms with E-state index in [4.69, 9.17) is 14.5 Å². The number of rotatable bonds is 10. The largest absolute Gasteiger partial charge is 0.490 e. The second-order valence-electron chi connectivity index (χ2n) is 6.69. The lowest BCUT2D eigenvalue weighted by atomic mass is 9.87. The number of phosphoric ester groups is 1. The first-order valence-corrected chi connectivity index (χ1v) is 13.0. The number of ether oxygens (including phenoxy) is 1. The van der Waals surface area contributed by atoms with Crippen molar-refractivity contribution in [3.8, 4) is 0 Å². The Morgan fingerprint density at radius 1 is 1.24 bits per heavy atom. The number of aromatic nitrogens is 2. The quantitative estimate of drug-likeness (QED) is 0.129. The molecule has 7 N–H and O–H groups in total. The van der Waals surface area contributed by atoms with Crippen molar-refractivity contribution >= 4 is 23.5 Å². The van der Waals surface area contributed by atoms with Crippen molar-refractivity contribution in [1.82, 2.24) is 9.55 Å². The van der Waals surface area contributed by atoms with Crippen molar-refractivity contribution in [2.24, 2.45) is 0 Å². The van der Waals surface area contributed by atoms with Crippen molar-refractivity contribution in [2.75, 3.05) is 13.3 Å². The molecule has 1 fully saturated rings. The number of H-pyrrole nitrogens is 1. The molecule has 0 aromatic carbocycles. The van der Waals surface area contributed by atoms with Gasteiger partial charge in [-0.2, -0.15) is 8.62 Å². The SMILES string of the molecule is C=C=C[C@@]1(O)[C@H](O)[C@@](CF)(COP(=O)(O)OP(=O)(O)OP(=O)(O)O)O[C@H]1n1ccc(=O)[nH]c1=O. The van der Waals surface area contributed by atoms with Crippen LogP contribution in [-0.4, -0.2) is 69.9 Å². The van der Waals surface area contributed by atoms with Crippen LogP contribution >= 0.6 is 23.5 Å². The van der Waals surface area contributed by atoms with Crippen LogP contribution in [0.4, 0.5) is 4.39 Å². The Balaban J connectivity index is 2.39. The molecule has 0 radical (unpaired) electrons. The van der Waals surface area contributed by atoms with E-state index in [1.165, 1.54) is 0 Å². The van der Waals surface area contributed by atoms with Gasteiger partial charge in [0.25, 0.3) is 5.56 Å². The van der Waals surface area contributed by atoms with Crippen molar-refractivity contribution in [3.63, 3.8) is 0 Å². The van der Waals surface area contributed by atoms with E-state index in [0.717, 1.165) is 12.3 Å². The highest BCUT2D eigenvalue weighted by atomic mass is 31.3. The summed E-state index contributed by atoms with van der Waals surface area (Å²) in [5.41, 5.74) is -5.39. The topological polar surface area (TPSA) is 264 Å². The van der Waals surface area contributed by atoms with Crippen LogP contribution in [0.3, 0.4) is 0 Å². The fourth-order valence-corrected chi connectivity index (χ4v) is 5.97. The fourth-order valence-electron chi connectivity index (χ4n) is 2.89. The van der Waals surface area contributed by atoms with Gasteiger partial charge in [0.05, 0.1) is 6.61 Å². The molecular formula is C13H18FN2O15P3. The summed E-state index contributed by atoms with van der Waals surface area (Å²) in [6.45, 7) is -0.0973. The molecule has 192 valence electrons. The van der Waals surface area contributed by atoms with Gasteiger partial charge >= 0.3 is 29.2 Å². The van der Waals surface area contributed by atoms with E-state index in [2.05, 4.69) is 25.5 Å². The summed E-state index contributed by atoms with van der Waals surface area (Å²) in [5, 5.41) is 21.5. The van der Waals surface area contributed by atoms with E-state index in [1.807, 2.05) is 4.98 Å². The summed E-state index contributed by atoms with van der Waals surface area (Å²) >= 11 is 0. The summed E-state index contributed by atoms with van der Waals surface area (Å²) < 4.78 is 65.3. The third-order valence-corrected chi connectivity index (χ3v) is 8.01. The summed E-state index contributed by atoms with van der Waals surface area (Å²) in [6, 6.07) is 0.816. The predicted octanol–water partition coefficient (Wildman–Crippen LogP) is -1.45. The van der Waals surface area contributed by atoms with E-state index in [1.54, 1.807) is 0 Å². The molecular weight excluding hydrogens is 536 g/mol. The zero-order valence-corrected chi connectivity index (χ0v) is 19.2. The monoisotopic (exact) mass is 554 g/mol. The number of aliphatic hydroxyl groups excluding tert-OH is 1. The van der Waals surface area contributed by atoms with Crippen LogP contribution in [0.1, 0.15) is 6.23 Å². The highest BCUT2D eigenvalue weighted by molar-refractivity contribution is 7.66. The number of nitrogens with zero attached hydrogens (tertiary/aromatic N) is 1. The molecule has 2 heterocycles. The standard InChI is InChI=1S/C13H18FN2O15P3/c1-2-4-13(20)9(18)12(6-14,29-10(13)16-5-3-8(17)15-11(16)19)7-28-33(24,25)31-34(26,27)30-32(21,22)23/h3-5,9-10,18,20H,1,6-7H2,(H,24,25)(H,26,27)(H,15,17,19)(H2,21,22,23)/t9-,10-,12-,13-/m1/s1. The molecule has 0 amide bonds. The molecule has 1 saturated heterocycles. The van der Waals surface area contributed by atoms with Gasteiger partial charge in [0.15, 0.2) is 17.4 Å². The van der Waals surface area contributed by atoms with Crippen LogP contribution in [0.5, 0.6) is 0 Å². The number of halogens is 1. The number of nitrogens with one attached hydrogen (secondary N) is 1. The van der Waals surface area contributed by atoms with Crippen LogP contribution in [0.2, 0.25) is 0 Å². The third-order valence-electron chi connectivity index (χ3n) is 4.23. The molecule has 1 aliphatic rings. The van der Waals surface area contributed by atoms with Gasteiger partial charge < -0.3 is 34.5 Å². The summed E-state index contributed by atoms with van der Waals surface area (Å²) in [5.74, 6) is 0. The van der Waals surface area contributed by atoms with Gasteiger partial charge in [-0.25, -0.2) is 22.9 Å². The lowest BCUT2D eigenvalue weighted by Gasteiger charge is -2.31. The number of alkyl halides is 1. The van der Waals surface area contributed by atoms with E-state index >= 15 is 0 Å². The van der Waals surface area contributed by atoms with Crippen LogP contribution in [0, 0.1) is 0 Å². The molecule has 0 aliphatic carbocycles. The highest BCUT2D eigenvalue weighted by Gasteiger charge is 2.64. The minimum absolute atomic E-state index is 0.528. The van der Waals surface area contributed by atoms with Gasteiger partial charge in [0, 0.05) is 12.3 Å². The normalized spacial score (nSPS) is 30.8. The average Bonchev–Trinajstić information content (AvgIpc) is 2.86. The van der Waals surface area contributed by atoms with Gasteiger partial charge in [-0.1, -0.05) is 6.58 Å². The Hall–Kier alpha value is -1.58. The molecule has 1 aromatic rings. The molecule has 17 nitrogen and oxygen atoms in total. The summed E-state index contributed by atoms with van der Waals surface area (Å²) in [7, 11) is -17.4. The smallest absolute Gasteiger partial charge is 0.386 e. The Morgan fingerprint density at radius 3 is 2.35 bits per heavy atom. The predicted molar refractivity (Wildman–Crippen MR) is 105 cm³/mol. The lowest BCUT2D eigenvalue weighted by molar-refractivity contribution is -0.137. The Labute approximate surface area is 187 Å².